The molecule has 4 heteroatoms. The largest absolute Gasteiger partial charge is 3.00 e. The van der Waals surface area contributed by atoms with Gasteiger partial charge in [0.1, 0.15) is 0 Å². The second kappa shape index (κ2) is 13.7. The van der Waals surface area contributed by atoms with Gasteiger partial charge in [0.05, 0.1) is 0 Å². The number of para-hydroxylation sites is 2. The van der Waals surface area contributed by atoms with Crippen LogP contribution in [0.4, 0.5) is 22.7 Å². The summed E-state index contributed by atoms with van der Waals surface area (Å²) in [5.41, 5.74) is 15.9. The van der Waals surface area contributed by atoms with Gasteiger partial charge in [-0.3, -0.25) is 0 Å². The molecular weight excluding hydrogens is 799 g/mol. The van der Waals surface area contributed by atoms with Gasteiger partial charge in [-0.25, -0.2) is 0 Å². The smallest absolute Gasteiger partial charge is 0.493 e. The van der Waals surface area contributed by atoms with Crippen LogP contribution < -0.4 is 9.80 Å². The molecule has 0 unspecified atom stereocenters. The number of anilines is 4. The molecule has 3 nitrogen and oxygen atoms in total. The first-order valence-corrected chi connectivity index (χ1v) is 18.4. The minimum Gasteiger partial charge on any atom is -0.493 e. The zero-order valence-corrected chi connectivity index (χ0v) is 34.4. The molecule has 2 aliphatic heterocycles. The summed E-state index contributed by atoms with van der Waals surface area (Å²) in [6.45, 7) is 26.1. The van der Waals surface area contributed by atoms with E-state index in [9.17, 15) is 0 Å². The minimum atomic E-state index is -0.108. The van der Waals surface area contributed by atoms with Crippen molar-refractivity contribution in [1.29, 1.82) is 0 Å². The van der Waals surface area contributed by atoms with Crippen LogP contribution in [0.3, 0.4) is 0 Å². The Balaban J connectivity index is 0.000000291. The van der Waals surface area contributed by atoms with E-state index in [1.165, 1.54) is 69.0 Å². The van der Waals surface area contributed by atoms with Crippen LogP contribution in [0.5, 0.6) is 0 Å². The van der Waals surface area contributed by atoms with Crippen molar-refractivity contribution in [1.82, 2.24) is 4.98 Å². The molecule has 5 aromatic rings. The van der Waals surface area contributed by atoms with Gasteiger partial charge in [-0.15, -0.1) is 53.7 Å². The molecule has 0 amide bonds. The zero-order chi connectivity index (χ0) is 35.6. The summed E-state index contributed by atoms with van der Waals surface area (Å²) >= 11 is 0. The van der Waals surface area contributed by atoms with Gasteiger partial charge in [0, 0.05) is 23.3 Å². The fourth-order valence-electron chi connectivity index (χ4n) is 8.23. The van der Waals surface area contributed by atoms with Gasteiger partial charge >= 0.3 is 20.1 Å². The van der Waals surface area contributed by atoms with Crippen molar-refractivity contribution in [3.05, 3.63) is 143 Å². The summed E-state index contributed by atoms with van der Waals surface area (Å²) in [4.78, 5) is 9.16. The Bertz CT molecular complexity index is 1960. The molecule has 8 rings (SSSR count). The van der Waals surface area contributed by atoms with Crippen molar-refractivity contribution in [2.75, 3.05) is 9.80 Å². The first-order chi connectivity index (χ1) is 23.7. The quantitative estimate of drug-likeness (QED) is 0.168. The van der Waals surface area contributed by atoms with E-state index in [1.807, 2.05) is 42.5 Å². The van der Waals surface area contributed by atoms with Crippen molar-refractivity contribution >= 4 is 22.7 Å². The van der Waals surface area contributed by atoms with E-state index in [1.54, 1.807) is 6.20 Å². The van der Waals surface area contributed by atoms with Crippen molar-refractivity contribution in [2.24, 2.45) is 0 Å². The third-order valence-corrected chi connectivity index (χ3v) is 11.4. The number of hydrogen-bond acceptors (Lipinski definition) is 3. The molecule has 0 bridgehead atoms. The minimum absolute atomic E-state index is 0. The van der Waals surface area contributed by atoms with Crippen LogP contribution in [0.2, 0.25) is 0 Å². The third kappa shape index (κ3) is 6.38. The predicted octanol–water partition coefficient (Wildman–Crippen LogP) is 12.7. The number of aromatic nitrogens is 1. The Morgan fingerprint density at radius 3 is 1.98 bits per heavy atom. The van der Waals surface area contributed by atoms with Crippen molar-refractivity contribution in [3.8, 4) is 11.3 Å². The number of nitrogens with zero attached hydrogens (tertiary/aromatic N) is 3. The van der Waals surface area contributed by atoms with Crippen molar-refractivity contribution in [2.45, 2.75) is 110 Å². The molecule has 0 fully saturated rings. The van der Waals surface area contributed by atoms with E-state index in [0.29, 0.717) is 11.8 Å². The molecule has 0 atom stereocenters. The number of hydrogen-bond donors (Lipinski definition) is 0. The van der Waals surface area contributed by atoms with Gasteiger partial charge in [0.25, 0.3) is 0 Å². The van der Waals surface area contributed by atoms with Crippen LogP contribution in [0.1, 0.15) is 127 Å². The molecule has 0 saturated carbocycles. The number of pyridine rings is 1. The fraction of sp³-hybridized carbons (Fsp3) is 0.362. The summed E-state index contributed by atoms with van der Waals surface area (Å²) in [6.07, 6.45) is 4.20. The van der Waals surface area contributed by atoms with Crippen molar-refractivity contribution in [3.63, 3.8) is 0 Å². The molecule has 0 radical (unpaired) electrons. The second-order valence-electron chi connectivity index (χ2n) is 16.8. The Labute approximate surface area is 320 Å². The van der Waals surface area contributed by atoms with Crippen LogP contribution in [-0.4, -0.2) is 4.98 Å². The number of fused-ring (bicyclic) bond motifs is 3. The molecule has 0 saturated heterocycles. The Hall–Kier alpha value is -3.72. The molecule has 264 valence electrons. The standard InChI is InChI=1S/C36H44N2.C11H8N.Ir/c1-22(2)24-13-11-14-25(23(3)4)32(24)37-21-38-31-20-28-27(34(5,6)17-18-35(28,7)8)19-29(31)36(9,10)26-15-12-16-30(37)33(26)38;1-2-6-10(7-3-1)11-8-4-5-9-12-11;/h11-16,19,21-23H,17-18H2,1-10H3;1-6,8-9H;/q-2;-1;+3. The van der Waals surface area contributed by atoms with Crippen LogP contribution in [0, 0.1) is 18.8 Å². The molecule has 4 aromatic carbocycles. The third-order valence-electron chi connectivity index (χ3n) is 11.4. The van der Waals surface area contributed by atoms with Crippen LogP contribution in [0.25, 0.3) is 11.3 Å². The Kier molecular flexibility index (Phi) is 9.94. The molecule has 3 heterocycles. The van der Waals surface area contributed by atoms with Crippen molar-refractivity contribution < 1.29 is 20.1 Å². The maximum atomic E-state index is 4.22. The summed E-state index contributed by atoms with van der Waals surface area (Å²) < 4.78 is 0. The van der Waals surface area contributed by atoms with E-state index in [0.717, 1.165) is 11.3 Å². The zero-order valence-electron chi connectivity index (χ0n) is 32.0. The summed E-state index contributed by atoms with van der Waals surface area (Å²) in [7, 11) is 0. The van der Waals surface area contributed by atoms with E-state index < -0.39 is 0 Å². The maximum absolute atomic E-state index is 4.22. The van der Waals surface area contributed by atoms with Gasteiger partial charge in [-0.05, 0) is 63.6 Å². The molecular formula is C47H52IrN3. The summed E-state index contributed by atoms with van der Waals surface area (Å²) in [6, 6.07) is 37.2. The van der Waals surface area contributed by atoms with E-state index in [2.05, 4.69) is 145 Å². The first-order valence-electron chi connectivity index (χ1n) is 18.4. The average Bonchev–Trinajstić information content (AvgIpc) is 3.49. The van der Waals surface area contributed by atoms with E-state index in [-0.39, 0.29) is 36.4 Å². The van der Waals surface area contributed by atoms with Gasteiger partial charge in [-0.2, -0.15) is 17.7 Å². The number of rotatable bonds is 4. The van der Waals surface area contributed by atoms with Crippen LogP contribution >= 0.6 is 0 Å². The van der Waals surface area contributed by atoms with Gasteiger partial charge in [-0.1, -0.05) is 129 Å². The van der Waals surface area contributed by atoms with Gasteiger partial charge < -0.3 is 14.8 Å². The number of benzene rings is 4. The van der Waals surface area contributed by atoms with Crippen LogP contribution in [-0.2, 0) is 36.4 Å². The second-order valence-corrected chi connectivity index (χ2v) is 16.8. The molecule has 1 aliphatic carbocycles. The van der Waals surface area contributed by atoms with Gasteiger partial charge in [0.15, 0.2) is 0 Å². The average molecular weight is 851 g/mol. The van der Waals surface area contributed by atoms with E-state index >= 15 is 0 Å². The normalized spacial score (nSPS) is 17.2. The molecule has 3 aliphatic rings. The Morgan fingerprint density at radius 2 is 1.35 bits per heavy atom. The summed E-state index contributed by atoms with van der Waals surface area (Å²) in [5.74, 6) is 0.876. The van der Waals surface area contributed by atoms with Crippen LogP contribution in [0.15, 0.2) is 91.1 Å². The molecule has 0 N–H and O–H groups in total. The Morgan fingerprint density at radius 1 is 0.686 bits per heavy atom. The first kappa shape index (κ1) is 37.0. The maximum Gasteiger partial charge on any atom is 3.00 e. The SMILES string of the molecule is CC(C)c1cccc(C(C)C)c1N1[CH-]N2c3[c-]c4c(cc3C(C)(C)c3cccc1c32)C(C)(C)CCC4(C)C.[Ir+3].[c-]1ccccc1-c1ccccn1. The summed E-state index contributed by atoms with van der Waals surface area (Å²) in [5, 5.41) is 0. The molecule has 1 aromatic heterocycles. The predicted molar refractivity (Wildman–Crippen MR) is 211 cm³/mol. The van der Waals surface area contributed by atoms with Gasteiger partial charge in [0.2, 0.25) is 0 Å². The molecule has 0 spiro atoms. The topological polar surface area (TPSA) is 19.4 Å². The molecule has 51 heavy (non-hydrogen) atoms. The van der Waals surface area contributed by atoms with E-state index in [4.69, 9.17) is 0 Å². The fourth-order valence-corrected chi connectivity index (χ4v) is 8.23. The monoisotopic (exact) mass is 851 g/mol.